The van der Waals surface area contributed by atoms with Crippen molar-refractivity contribution >= 4 is 5.91 Å². The van der Waals surface area contributed by atoms with Crippen molar-refractivity contribution in [3.05, 3.63) is 36.5 Å². The molecule has 3 N–H and O–H groups in total. The molecule has 0 aliphatic heterocycles. The van der Waals surface area contributed by atoms with Crippen LogP contribution in [0.5, 0.6) is 0 Å². The molecule has 0 aliphatic rings. The van der Waals surface area contributed by atoms with E-state index in [4.69, 9.17) is 0 Å². The third kappa shape index (κ3) is 32.0. The fraction of sp³-hybridized carbons (Fsp3) is 0.825. The number of hydrogen-bond donors (Lipinski definition) is 3. The van der Waals surface area contributed by atoms with Crippen LogP contribution >= 0.6 is 0 Å². The van der Waals surface area contributed by atoms with Crippen LogP contribution in [0.2, 0.25) is 0 Å². The zero-order valence-electron chi connectivity index (χ0n) is 29.4. The minimum atomic E-state index is -0.843. The smallest absolute Gasteiger partial charge is 0.220 e. The van der Waals surface area contributed by atoms with Gasteiger partial charge in [0.15, 0.2) is 0 Å². The number of carbonyl (C=O) groups excluding carboxylic acids is 1. The number of hydrogen-bond acceptors (Lipinski definition) is 3. The monoisotopic (exact) mass is 618 g/mol. The summed E-state index contributed by atoms with van der Waals surface area (Å²) in [7, 11) is 0. The molecule has 4 nitrogen and oxygen atoms in total. The largest absolute Gasteiger partial charge is 0.394 e. The Bertz CT molecular complexity index is 672. The average Bonchev–Trinajstić information content (AvgIpc) is 3.03. The Balaban J connectivity index is 3.63. The Labute approximate surface area is 274 Å². The summed E-state index contributed by atoms with van der Waals surface area (Å²) in [5.41, 5.74) is 0. The van der Waals surface area contributed by atoms with E-state index in [1.165, 1.54) is 128 Å². The van der Waals surface area contributed by atoms with Gasteiger partial charge >= 0.3 is 0 Å². The molecule has 0 saturated carbocycles. The maximum Gasteiger partial charge on any atom is 0.220 e. The lowest BCUT2D eigenvalue weighted by Crippen LogP contribution is -2.45. The third-order valence-corrected chi connectivity index (χ3v) is 8.62. The van der Waals surface area contributed by atoms with Crippen molar-refractivity contribution in [3.63, 3.8) is 0 Å². The van der Waals surface area contributed by atoms with Crippen LogP contribution in [-0.4, -0.2) is 34.9 Å². The Morgan fingerprint density at radius 3 is 1.43 bits per heavy atom. The van der Waals surface area contributed by atoms with E-state index in [0.29, 0.717) is 6.42 Å². The number of unbranched alkanes of at least 4 members (excludes halogenated alkanes) is 23. The SMILES string of the molecule is CCCC/C=C\C/C=C\CCCCCCCC(=O)NC(CO)C(O)/C=C/CCCCCCCCCCCCCCCCCC. The van der Waals surface area contributed by atoms with Gasteiger partial charge in [0, 0.05) is 6.42 Å². The van der Waals surface area contributed by atoms with Crippen LogP contribution in [0.1, 0.15) is 194 Å². The lowest BCUT2D eigenvalue weighted by molar-refractivity contribution is -0.123. The van der Waals surface area contributed by atoms with Crippen molar-refractivity contribution in [2.45, 2.75) is 206 Å². The molecule has 0 spiro atoms. The first kappa shape index (κ1) is 42.6. The average molecular weight is 618 g/mol. The van der Waals surface area contributed by atoms with Gasteiger partial charge in [-0.15, -0.1) is 0 Å². The molecule has 1 amide bonds. The molecule has 0 radical (unpaired) electrons. The molecule has 44 heavy (non-hydrogen) atoms. The Morgan fingerprint density at radius 2 is 0.955 bits per heavy atom. The molecule has 258 valence electrons. The first-order valence-corrected chi connectivity index (χ1v) is 19.2. The summed E-state index contributed by atoms with van der Waals surface area (Å²) in [5, 5.41) is 22.9. The van der Waals surface area contributed by atoms with Crippen LogP contribution in [0.3, 0.4) is 0 Å². The standard InChI is InChI=1S/C40H75NO3/c1-3-5-7-9-11-13-15-17-19-20-21-22-23-25-27-29-31-33-35-39(43)38(37-42)41-40(44)36-34-32-30-28-26-24-18-16-14-12-10-8-6-4-2/h10,12,16,18,33,35,38-39,42-43H,3-9,11,13-15,17,19-32,34,36-37H2,1-2H3,(H,41,44)/b12-10-,18-16-,35-33+. The predicted octanol–water partition coefficient (Wildman–Crippen LogP) is 11.5. The Morgan fingerprint density at radius 1 is 0.545 bits per heavy atom. The molecule has 4 heteroatoms. The number of carbonyl (C=O) groups is 1. The van der Waals surface area contributed by atoms with E-state index in [2.05, 4.69) is 43.5 Å². The van der Waals surface area contributed by atoms with Crippen LogP contribution in [0, 0.1) is 0 Å². The highest BCUT2D eigenvalue weighted by Gasteiger charge is 2.17. The van der Waals surface area contributed by atoms with E-state index in [-0.39, 0.29) is 12.5 Å². The van der Waals surface area contributed by atoms with Gasteiger partial charge in [0.2, 0.25) is 5.91 Å². The van der Waals surface area contributed by atoms with E-state index < -0.39 is 12.1 Å². The Kier molecular flexibility index (Phi) is 34.9. The molecule has 0 bridgehead atoms. The summed E-state index contributed by atoms with van der Waals surface area (Å²) in [5.74, 6) is -0.0794. The number of aliphatic hydroxyl groups is 2. The van der Waals surface area contributed by atoms with Crippen LogP contribution in [0.25, 0.3) is 0 Å². The van der Waals surface area contributed by atoms with Gasteiger partial charge in [-0.2, -0.15) is 0 Å². The minimum absolute atomic E-state index is 0.0794. The van der Waals surface area contributed by atoms with Gasteiger partial charge in [0.05, 0.1) is 18.8 Å². The summed E-state index contributed by atoms with van der Waals surface area (Å²) in [6.45, 7) is 4.25. The normalized spacial score (nSPS) is 13.5. The third-order valence-electron chi connectivity index (χ3n) is 8.62. The van der Waals surface area contributed by atoms with Gasteiger partial charge in [-0.1, -0.05) is 179 Å². The van der Waals surface area contributed by atoms with E-state index in [9.17, 15) is 15.0 Å². The molecule has 0 saturated heterocycles. The number of amides is 1. The van der Waals surface area contributed by atoms with Crippen molar-refractivity contribution in [2.24, 2.45) is 0 Å². The maximum atomic E-state index is 12.3. The molecule has 2 atom stereocenters. The summed E-state index contributed by atoms with van der Waals surface area (Å²) in [4.78, 5) is 12.3. The second-order valence-electron chi connectivity index (χ2n) is 13.0. The molecular formula is C40H75NO3. The molecule has 0 aromatic rings. The molecule has 0 aliphatic carbocycles. The fourth-order valence-corrected chi connectivity index (χ4v) is 5.60. The summed E-state index contributed by atoms with van der Waals surface area (Å²) < 4.78 is 0. The second-order valence-corrected chi connectivity index (χ2v) is 13.0. The first-order chi connectivity index (χ1) is 21.7. The van der Waals surface area contributed by atoms with Gasteiger partial charge in [-0.25, -0.2) is 0 Å². The van der Waals surface area contributed by atoms with Gasteiger partial charge in [0.25, 0.3) is 0 Å². The number of aliphatic hydroxyl groups excluding tert-OH is 2. The fourth-order valence-electron chi connectivity index (χ4n) is 5.60. The van der Waals surface area contributed by atoms with Crippen molar-refractivity contribution in [1.82, 2.24) is 5.32 Å². The maximum absolute atomic E-state index is 12.3. The van der Waals surface area contributed by atoms with Crippen LogP contribution in [0.15, 0.2) is 36.5 Å². The van der Waals surface area contributed by atoms with Crippen molar-refractivity contribution in [1.29, 1.82) is 0 Å². The lowest BCUT2D eigenvalue weighted by Gasteiger charge is -2.20. The summed E-state index contributed by atoms with van der Waals surface area (Å²) in [6, 6.07) is -0.627. The van der Waals surface area contributed by atoms with Gasteiger partial charge in [-0.05, 0) is 44.9 Å². The minimum Gasteiger partial charge on any atom is -0.394 e. The van der Waals surface area contributed by atoms with Crippen molar-refractivity contribution < 1.29 is 15.0 Å². The number of allylic oxidation sites excluding steroid dienone is 5. The van der Waals surface area contributed by atoms with Crippen molar-refractivity contribution in [2.75, 3.05) is 6.61 Å². The van der Waals surface area contributed by atoms with Crippen molar-refractivity contribution in [3.8, 4) is 0 Å². The second kappa shape index (κ2) is 36.1. The lowest BCUT2D eigenvalue weighted by atomic mass is 10.0. The highest BCUT2D eigenvalue weighted by atomic mass is 16.3. The molecule has 0 heterocycles. The van der Waals surface area contributed by atoms with Crippen LogP contribution in [-0.2, 0) is 4.79 Å². The summed E-state index contributed by atoms with van der Waals surface area (Å²) >= 11 is 0. The molecule has 0 rings (SSSR count). The predicted molar refractivity (Wildman–Crippen MR) is 193 cm³/mol. The number of rotatable bonds is 34. The van der Waals surface area contributed by atoms with E-state index in [1.54, 1.807) is 6.08 Å². The van der Waals surface area contributed by atoms with E-state index >= 15 is 0 Å². The molecule has 2 unspecified atom stereocenters. The van der Waals surface area contributed by atoms with E-state index in [1.807, 2.05) is 6.08 Å². The highest BCUT2D eigenvalue weighted by Crippen LogP contribution is 2.14. The van der Waals surface area contributed by atoms with Gasteiger partial charge in [-0.3, -0.25) is 4.79 Å². The summed E-state index contributed by atoms with van der Waals surface area (Å²) in [6.07, 6.45) is 46.6. The first-order valence-electron chi connectivity index (χ1n) is 19.2. The van der Waals surface area contributed by atoms with Gasteiger partial charge < -0.3 is 15.5 Å². The van der Waals surface area contributed by atoms with Gasteiger partial charge in [0.1, 0.15) is 0 Å². The molecule has 0 fully saturated rings. The molecular weight excluding hydrogens is 542 g/mol. The Hall–Kier alpha value is -1.39. The van der Waals surface area contributed by atoms with E-state index in [0.717, 1.165) is 44.9 Å². The topological polar surface area (TPSA) is 69.6 Å². The number of nitrogens with one attached hydrogen (secondary N) is 1. The zero-order chi connectivity index (χ0) is 32.2. The zero-order valence-corrected chi connectivity index (χ0v) is 29.4. The van der Waals surface area contributed by atoms with Crippen LogP contribution < -0.4 is 5.32 Å². The molecule has 0 aromatic carbocycles. The molecule has 0 aromatic heterocycles. The quantitative estimate of drug-likeness (QED) is 0.0497. The van der Waals surface area contributed by atoms with Crippen LogP contribution in [0.4, 0.5) is 0 Å². The highest BCUT2D eigenvalue weighted by molar-refractivity contribution is 5.76.